The molecule has 1 fully saturated rings. The zero-order chi connectivity index (χ0) is 21.9. The average Bonchev–Trinajstić information content (AvgIpc) is 2.97. The zero-order valence-corrected chi connectivity index (χ0v) is 16.9. The number of urea groups is 1. The second-order valence-corrected chi connectivity index (χ2v) is 6.96. The molecule has 1 saturated heterocycles. The van der Waals surface area contributed by atoms with Gasteiger partial charge in [0.2, 0.25) is 5.91 Å². The molecule has 2 aromatic carbocycles. The topological polar surface area (TPSA) is 117 Å². The Morgan fingerprint density at radius 1 is 1.13 bits per heavy atom. The number of nitrogens with zero attached hydrogens (tertiary/aromatic N) is 1. The molecule has 0 aliphatic carbocycles. The van der Waals surface area contributed by atoms with Gasteiger partial charge < -0.3 is 25.2 Å². The zero-order valence-electron chi connectivity index (χ0n) is 16.9. The van der Waals surface area contributed by atoms with E-state index in [-0.39, 0.29) is 18.0 Å². The van der Waals surface area contributed by atoms with Crippen molar-refractivity contribution in [3.8, 4) is 17.2 Å². The smallest absolute Gasteiger partial charge is 0.325 e. The first-order valence-corrected chi connectivity index (χ1v) is 9.19. The van der Waals surface area contributed by atoms with Crippen LogP contribution in [0.1, 0.15) is 18.1 Å². The van der Waals surface area contributed by atoms with Crippen molar-refractivity contribution in [1.82, 2.24) is 15.5 Å². The van der Waals surface area contributed by atoms with Crippen molar-refractivity contribution in [3.63, 3.8) is 0 Å². The number of rotatable bonds is 7. The third kappa shape index (κ3) is 4.00. The first-order chi connectivity index (χ1) is 14.3. The minimum atomic E-state index is -1.27. The van der Waals surface area contributed by atoms with E-state index >= 15 is 0 Å². The number of ether oxygens (including phenoxy) is 2. The molecular formula is C21H23N3O6. The lowest BCUT2D eigenvalue weighted by Crippen LogP contribution is -2.43. The third-order valence-corrected chi connectivity index (χ3v) is 4.98. The number of hydrogen-bond acceptors (Lipinski definition) is 6. The van der Waals surface area contributed by atoms with E-state index in [9.17, 15) is 19.5 Å². The van der Waals surface area contributed by atoms with Crippen LogP contribution in [-0.2, 0) is 21.7 Å². The van der Waals surface area contributed by atoms with Gasteiger partial charge in [0.25, 0.3) is 5.91 Å². The maximum absolute atomic E-state index is 12.9. The first kappa shape index (κ1) is 21.0. The lowest BCUT2D eigenvalue weighted by molar-refractivity contribution is -0.134. The quantitative estimate of drug-likeness (QED) is 0.592. The van der Waals surface area contributed by atoms with E-state index < -0.39 is 29.9 Å². The molecule has 1 unspecified atom stereocenters. The van der Waals surface area contributed by atoms with Crippen molar-refractivity contribution in [2.24, 2.45) is 0 Å². The number of imide groups is 1. The van der Waals surface area contributed by atoms with Crippen molar-refractivity contribution < 1.29 is 29.0 Å². The Bertz CT molecular complexity index is 975. The van der Waals surface area contributed by atoms with Crippen molar-refractivity contribution in [3.05, 3.63) is 53.6 Å². The Balaban J connectivity index is 1.65. The maximum atomic E-state index is 12.9. The van der Waals surface area contributed by atoms with Crippen molar-refractivity contribution in [2.45, 2.75) is 19.0 Å². The number of hydrogen-bond donors (Lipinski definition) is 3. The molecule has 1 heterocycles. The average molecular weight is 413 g/mol. The first-order valence-electron chi connectivity index (χ1n) is 9.19. The summed E-state index contributed by atoms with van der Waals surface area (Å²) in [6, 6.07) is 10.8. The van der Waals surface area contributed by atoms with Crippen molar-refractivity contribution in [2.75, 3.05) is 20.8 Å². The normalized spacial score (nSPS) is 18.2. The van der Waals surface area contributed by atoms with Gasteiger partial charge >= 0.3 is 6.03 Å². The van der Waals surface area contributed by atoms with Gasteiger partial charge in [-0.25, -0.2) is 4.79 Å². The summed E-state index contributed by atoms with van der Waals surface area (Å²) in [6.45, 7) is 1.33. The van der Waals surface area contributed by atoms with Crippen LogP contribution in [0.5, 0.6) is 17.2 Å². The van der Waals surface area contributed by atoms with Gasteiger partial charge in [0.1, 0.15) is 17.8 Å². The second-order valence-electron chi connectivity index (χ2n) is 6.96. The molecule has 1 aliphatic heterocycles. The Labute approximate surface area is 173 Å². The summed E-state index contributed by atoms with van der Waals surface area (Å²) in [5.74, 6) is -0.110. The summed E-state index contributed by atoms with van der Waals surface area (Å²) in [5.41, 5.74) is 0.00699. The van der Waals surface area contributed by atoms with Gasteiger partial charge in [-0.3, -0.25) is 14.5 Å². The van der Waals surface area contributed by atoms with Gasteiger partial charge in [-0.05, 0) is 42.3 Å². The fourth-order valence-corrected chi connectivity index (χ4v) is 3.19. The molecule has 30 heavy (non-hydrogen) atoms. The fraction of sp³-hybridized carbons (Fsp3) is 0.286. The Morgan fingerprint density at radius 2 is 1.83 bits per heavy atom. The largest absolute Gasteiger partial charge is 0.504 e. The van der Waals surface area contributed by atoms with Gasteiger partial charge in [-0.2, -0.15) is 0 Å². The van der Waals surface area contributed by atoms with E-state index in [2.05, 4.69) is 10.6 Å². The van der Waals surface area contributed by atoms with Gasteiger partial charge in [0, 0.05) is 6.54 Å². The standard InChI is InChI=1S/C21H23N3O6/c1-21(14-5-7-15(29-2)8-6-14)19(27)24(20(28)23-21)12-18(26)22-11-13-4-9-16(25)17(10-13)30-3/h4-10,25H,11-12H2,1-3H3,(H,22,26)(H,23,28). The summed E-state index contributed by atoms with van der Waals surface area (Å²) in [6.07, 6.45) is 0. The monoisotopic (exact) mass is 413 g/mol. The summed E-state index contributed by atoms with van der Waals surface area (Å²) >= 11 is 0. The van der Waals surface area contributed by atoms with Crippen LogP contribution in [-0.4, -0.2) is 48.6 Å². The number of nitrogens with one attached hydrogen (secondary N) is 2. The molecule has 9 heteroatoms. The summed E-state index contributed by atoms with van der Waals surface area (Å²) in [5, 5.41) is 14.9. The van der Waals surface area contributed by atoms with E-state index in [0.29, 0.717) is 16.9 Å². The number of carbonyl (C=O) groups excluding carboxylic acids is 3. The summed E-state index contributed by atoms with van der Waals surface area (Å²) in [4.78, 5) is 38.5. The Hall–Kier alpha value is -3.75. The Kier molecular flexibility index (Phi) is 5.81. The van der Waals surface area contributed by atoms with Crippen LogP contribution in [0.4, 0.5) is 4.79 Å². The molecule has 0 saturated carbocycles. The molecule has 3 N–H and O–H groups in total. The highest BCUT2D eigenvalue weighted by molar-refractivity contribution is 6.09. The van der Waals surface area contributed by atoms with Gasteiger partial charge in [-0.15, -0.1) is 0 Å². The molecule has 4 amide bonds. The molecule has 1 aliphatic rings. The number of methoxy groups -OCH3 is 2. The number of benzene rings is 2. The molecular weight excluding hydrogens is 390 g/mol. The minimum absolute atomic E-state index is 0.00951. The van der Waals surface area contributed by atoms with Crippen molar-refractivity contribution in [1.29, 1.82) is 0 Å². The van der Waals surface area contributed by atoms with Crippen LogP contribution in [0.3, 0.4) is 0 Å². The summed E-state index contributed by atoms with van der Waals surface area (Å²) in [7, 11) is 2.96. The molecule has 0 bridgehead atoms. The highest BCUT2D eigenvalue weighted by Crippen LogP contribution is 2.30. The molecule has 3 rings (SSSR count). The van der Waals surface area contributed by atoms with Crippen LogP contribution in [0.25, 0.3) is 0 Å². The fourth-order valence-electron chi connectivity index (χ4n) is 3.19. The molecule has 0 aromatic heterocycles. The molecule has 2 aromatic rings. The second kappa shape index (κ2) is 8.32. The molecule has 1 atom stereocenters. The van der Waals surface area contributed by atoms with Crippen LogP contribution in [0, 0.1) is 0 Å². The lowest BCUT2D eigenvalue weighted by Gasteiger charge is -2.22. The number of phenols is 1. The lowest BCUT2D eigenvalue weighted by atomic mass is 9.92. The minimum Gasteiger partial charge on any atom is -0.504 e. The van der Waals surface area contributed by atoms with E-state index in [1.54, 1.807) is 43.3 Å². The van der Waals surface area contributed by atoms with E-state index in [1.165, 1.54) is 20.3 Å². The van der Waals surface area contributed by atoms with E-state index in [4.69, 9.17) is 9.47 Å². The van der Waals surface area contributed by atoms with Gasteiger partial charge in [-0.1, -0.05) is 18.2 Å². The molecule has 0 spiro atoms. The maximum Gasteiger partial charge on any atom is 0.325 e. The highest BCUT2D eigenvalue weighted by atomic mass is 16.5. The number of aromatic hydroxyl groups is 1. The Morgan fingerprint density at radius 3 is 2.47 bits per heavy atom. The molecule has 0 radical (unpaired) electrons. The predicted molar refractivity (Wildman–Crippen MR) is 107 cm³/mol. The van der Waals surface area contributed by atoms with Crippen molar-refractivity contribution >= 4 is 17.8 Å². The number of phenolic OH excluding ortho intramolecular Hbond substituents is 1. The predicted octanol–water partition coefficient (Wildman–Crippen LogP) is 1.49. The van der Waals surface area contributed by atoms with Gasteiger partial charge in [0.05, 0.1) is 14.2 Å². The summed E-state index contributed by atoms with van der Waals surface area (Å²) < 4.78 is 10.1. The number of amides is 4. The van der Waals surface area contributed by atoms with Crippen LogP contribution >= 0.6 is 0 Å². The third-order valence-electron chi connectivity index (χ3n) is 4.98. The van der Waals surface area contributed by atoms with E-state index in [1.807, 2.05) is 0 Å². The molecule has 9 nitrogen and oxygen atoms in total. The van der Waals surface area contributed by atoms with Gasteiger partial charge in [0.15, 0.2) is 11.5 Å². The van der Waals surface area contributed by atoms with Crippen LogP contribution in [0.2, 0.25) is 0 Å². The molecule has 158 valence electrons. The van der Waals surface area contributed by atoms with Crippen LogP contribution < -0.4 is 20.1 Å². The highest BCUT2D eigenvalue weighted by Gasteiger charge is 2.49. The van der Waals surface area contributed by atoms with Crippen LogP contribution in [0.15, 0.2) is 42.5 Å². The number of carbonyl (C=O) groups is 3. The van der Waals surface area contributed by atoms with E-state index in [0.717, 1.165) is 4.90 Å². The SMILES string of the molecule is COc1ccc(C2(C)NC(=O)N(CC(=O)NCc3ccc(O)c(OC)c3)C2=O)cc1.